The Bertz CT molecular complexity index is 337. The maximum Gasteiger partial charge on any atom is 0.258 e. The van der Waals surface area contributed by atoms with Crippen LogP contribution in [0.15, 0.2) is 22.4 Å². The van der Waals surface area contributed by atoms with E-state index >= 15 is 0 Å². The SMILES string of the molecule is C=C(Cl)SC(=C)C(=O)NC1(C=O)CCOC1. The summed E-state index contributed by atoms with van der Waals surface area (Å²) in [5.74, 6) is -0.426. The van der Waals surface area contributed by atoms with E-state index in [0.717, 1.165) is 11.8 Å². The topological polar surface area (TPSA) is 55.4 Å². The molecule has 1 atom stereocenters. The first-order valence-electron chi connectivity index (χ1n) is 4.57. The smallest absolute Gasteiger partial charge is 0.258 e. The van der Waals surface area contributed by atoms with E-state index in [1.807, 2.05) is 0 Å². The molecule has 0 spiro atoms. The van der Waals surface area contributed by atoms with Gasteiger partial charge in [-0.3, -0.25) is 4.79 Å². The van der Waals surface area contributed by atoms with E-state index in [-0.39, 0.29) is 15.9 Å². The van der Waals surface area contributed by atoms with Gasteiger partial charge in [0.2, 0.25) is 0 Å². The average molecular weight is 262 g/mol. The summed E-state index contributed by atoms with van der Waals surface area (Å²) in [4.78, 5) is 22.8. The number of aldehydes is 1. The normalized spacial score (nSPS) is 23.8. The lowest BCUT2D eigenvalue weighted by Crippen LogP contribution is -2.50. The van der Waals surface area contributed by atoms with Gasteiger partial charge in [0.05, 0.1) is 15.9 Å². The fourth-order valence-corrected chi connectivity index (χ4v) is 1.97. The molecule has 0 aromatic rings. The van der Waals surface area contributed by atoms with Crippen LogP contribution >= 0.6 is 23.4 Å². The van der Waals surface area contributed by atoms with E-state index in [2.05, 4.69) is 18.5 Å². The van der Waals surface area contributed by atoms with Gasteiger partial charge in [-0.15, -0.1) is 0 Å². The zero-order chi connectivity index (χ0) is 12.2. The molecule has 0 aromatic heterocycles. The molecule has 0 saturated carbocycles. The molecule has 0 aromatic carbocycles. The molecule has 1 saturated heterocycles. The Balaban J connectivity index is 2.59. The number of carbonyl (C=O) groups excluding carboxylic acids is 2. The van der Waals surface area contributed by atoms with Crippen molar-refractivity contribution < 1.29 is 14.3 Å². The fourth-order valence-electron chi connectivity index (χ4n) is 1.28. The highest BCUT2D eigenvalue weighted by Gasteiger charge is 2.36. The van der Waals surface area contributed by atoms with Crippen molar-refractivity contribution in [2.75, 3.05) is 13.2 Å². The zero-order valence-electron chi connectivity index (χ0n) is 8.62. The number of hydrogen-bond donors (Lipinski definition) is 1. The first kappa shape index (κ1) is 13.3. The number of rotatable bonds is 5. The van der Waals surface area contributed by atoms with Gasteiger partial charge in [0.25, 0.3) is 5.91 Å². The highest BCUT2D eigenvalue weighted by atomic mass is 35.5. The molecule has 16 heavy (non-hydrogen) atoms. The predicted molar refractivity (Wildman–Crippen MR) is 64.1 cm³/mol. The molecule has 1 unspecified atom stereocenters. The van der Waals surface area contributed by atoms with Crippen LogP contribution in [0.1, 0.15) is 6.42 Å². The summed E-state index contributed by atoms with van der Waals surface area (Å²) < 4.78 is 5.34. The molecule has 1 N–H and O–H groups in total. The van der Waals surface area contributed by atoms with Crippen molar-refractivity contribution in [2.24, 2.45) is 0 Å². The van der Waals surface area contributed by atoms with Gasteiger partial charge in [0.1, 0.15) is 11.8 Å². The lowest BCUT2D eigenvalue weighted by Gasteiger charge is -2.22. The molecule has 0 bridgehead atoms. The maximum atomic E-state index is 11.7. The Morgan fingerprint density at radius 3 is 2.69 bits per heavy atom. The monoisotopic (exact) mass is 261 g/mol. The van der Waals surface area contributed by atoms with Gasteiger partial charge in [-0.1, -0.05) is 36.5 Å². The number of ether oxygens (including phenoxy) is 1. The molecule has 4 nitrogen and oxygen atoms in total. The van der Waals surface area contributed by atoms with Gasteiger partial charge in [-0.25, -0.2) is 0 Å². The Hall–Kier alpha value is -0.780. The molecule has 88 valence electrons. The highest BCUT2D eigenvalue weighted by Crippen LogP contribution is 2.26. The number of carbonyl (C=O) groups is 2. The second-order valence-corrected chi connectivity index (χ2v) is 5.28. The van der Waals surface area contributed by atoms with E-state index < -0.39 is 11.4 Å². The quantitative estimate of drug-likeness (QED) is 0.601. The molecular weight excluding hydrogens is 250 g/mol. The Labute approximate surface area is 103 Å². The molecule has 1 amide bonds. The summed E-state index contributed by atoms with van der Waals surface area (Å²) in [6, 6.07) is 0. The third-order valence-electron chi connectivity index (χ3n) is 2.13. The minimum atomic E-state index is -0.922. The van der Waals surface area contributed by atoms with E-state index in [1.165, 1.54) is 0 Å². The van der Waals surface area contributed by atoms with Crippen LogP contribution in [-0.2, 0) is 14.3 Å². The van der Waals surface area contributed by atoms with Gasteiger partial charge in [0, 0.05) is 13.0 Å². The van der Waals surface area contributed by atoms with Crippen LogP contribution in [0.3, 0.4) is 0 Å². The average Bonchev–Trinajstić information content (AvgIpc) is 2.66. The molecule has 1 heterocycles. The first-order valence-corrected chi connectivity index (χ1v) is 5.76. The predicted octanol–water partition coefficient (Wildman–Crippen LogP) is 1.42. The third kappa shape index (κ3) is 3.37. The number of halogens is 1. The summed E-state index contributed by atoms with van der Waals surface area (Å²) in [6.45, 7) is 7.65. The summed E-state index contributed by atoms with van der Waals surface area (Å²) in [7, 11) is 0. The van der Waals surface area contributed by atoms with Crippen molar-refractivity contribution in [2.45, 2.75) is 12.0 Å². The lowest BCUT2D eigenvalue weighted by atomic mass is 10.0. The van der Waals surface area contributed by atoms with Crippen LogP contribution in [0.25, 0.3) is 0 Å². The molecule has 1 aliphatic rings. The number of nitrogens with one attached hydrogen (secondary N) is 1. The largest absolute Gasteiger partial charge is 0.378 e. The second-order valence-electron chi connectivity index (χ2n) is 3.41. The summed E-state index contributed by atoms with van der Waals surface area (Å²) in [6.07, 6.45) is 1.17. The van der Waals surface area contributed by atoms with Crippen molar-refractivity contribution >= 4 is 35.6 Å². The van der Waals surface area contributed by atoms with Crippen LogP contribution in [0.5, 0.6) is 0 Å². The summed E-state index contributed by atoms with van der Waals surface area (Å²) in [5, 5.41) is 2.60. The minimum Gasteiger partial charge on any atom is -0.378 e. The van der Waals surface area contributed by atoms with Crippen LogP contribution in [0, 0.1) is 0 Å². The molecule has 6 heteroatoms. The zero-order valence-corrected chi connectivity index (χ0v) is 10.2. The van der Waals surface area contributed by atoms with Crippen molar-refractivity contribution in [3.05, 3.63) is 22.4 Å². The number of amides is 1. The Morgan fingerprint density at radius 1 is 1.56 bits per heavy atom. The molecular formula is C10H12ClNO3S. The highest BCUT2D eigenvalue weighted by molar-refractivity contribution is 8.08. The number of thioether (sulfide) groups is 1. The van der Waals surface area contributed by atoms with Crippen molar-refractivity contribution in [3.63, 3.8) is 0 Å². The number of hydrogen-bond acceptors (Lipinski definition) is 4. The van der Waals surface area contributed by atoms with Crippen LogP contribution in [-0.4, -0.2) is 30.9 Å². The third-order valence-corrected chi connectivity index (χ3v) is 3.01. The minimum absolute atomic E-state index is 0.196. The van der Waals surface area contributed by atoms with Crippen LogP contribution in [0.4, 0.5) is 0 Å². The molecule has 1 fully saturated rings. The van der Waals surface area contributed by atoms with E-state index in [0.29, 0.717) is 19.3 Å². The van der Waals surface area contributed by atoms with Gasteiger partial charge >= 0.3 is 0 Å². The van der Waals surface area contributed by atoms with Crippen molar-refractivity contribution in [1.82, 2.24) is 5.32 Å². The fraction of sp³-hybridized carbons (Fsp3) is 0.400. The van der Waals surface area contributed by atoms with Gasteiger partial charge in [-0.2, -0.15) is 0 Å². The van der Waals surface area contributed by atoms with E-state index in [4.69, 9.17) is 16.3 Å². The van der Waals surface area contributed by atoms with E-state index in [1.54, 1.807) is 0 Å². The molecule has 1 rings (SSSR count). The molecule has 1 aliphatic heterocycles. The Morgan fingerprint density at radius 2 is 2.25 bits per heavy atom. The van der Waals surface area contributed by atoms with Crippen molar-refractivity contribution in [1.29, 1.82) is 0 Å². The van der Waals surface area contributed by atoms with Crippen LogP contribution in [0.2, 0.25) is 0 Å². The van der Waals surface area contributed by atoms with Gasteiger partial charge in [-0.05, 0) is 0 Å². The summed E-state index contributed by atoms with van der Waals surface area (Å²) in [5.41, 5.74) is -0.922. The maximum absolute atomic E-state index is 11.7. The van der Waals surface area contributed by atoms with Crippen LogP contribution < -0.4 is 5.32 Å². The van der Waals surface area contributed by atoms with Gasteiger partial charge < -0.3 is 14.8 Å². The van der Waals surface area contributed by atoms with E-state index in [9.17, 15) is 9.59 Å². The molecule has 0 aliphatic carbocycles. The van der Waals surface area contributed by atoms with Crippen molar-refractivity contribution in [3.8, 4) is 0 Å². The van der Waals surface area contributed by atoms with Gasteiger partial charge in [0.15, 0.2) is 0 Å². The Kier molecular flexibility index (Phi) is 4.58. The lowest BCUT2D eigenvalue weighted by molar-refractivity contribution is -0.123. The second kappa shape index (κ2) is 5.52. The summed E-state index contributed by atoms with van der Waals surface area (Å²) >= 11 is 6.50. The first-order chi connectivity index (χ1) is 7.49. The standard InChI is InChI=1S/C10H12ClNO3S/c1-7(16-8(2)11)9(14)12-10(5-13)3-4-15-6-10/h5H,1-4,6H2,(H,12,14). The molecule has 0 radical (unpaired) electrons.